The normalized spacial score (nSPS) is 19.4. The summed E-state index contributed by atoms with van der Waals surface area (Å²) in [6.45, 7) is 9.51. The van der Waals surface area contributed by atoms with Crippen LogP contribution in [0.3, 0.4) is 0 Å². The van der Waals surface area contributed by atoms with Crippen molar-refractivity contribution in [3.63, 3.8) is 0 Å². The van der Waals surface area contributed by atoms with Crippen LogP contribution in [0.1, 0.15) is 59.7 Å². The fourth-order valence-electron chi connectivity index (χ4n) is 4.17. The molecule has 0 saturated carbocycles. The lowest BCUT2D eigenvalue weighted by molar-refractivity contribution is 0.0665. The molecule has 1 aliphatic rings. The van der Waals surface area contributed by atoms with Gasteiger partial charge in [-0.05, 0) is 43.5 Å². The van der Waals surface area contributed by atoms with E-state index in [2.05, 4.69) is 74.2 Å². The zero-order valence-electron chi connectivity index (χ0n) is 17.1. The lowest BCUT2D eigenvalue weighted by atomic mass is 9.81. The molecular weight excluding hydrogens is 332 g/mol. The second kappa shape index (κ2) is 8.71. The maximum Gasteiger partial charge on any atom is 0.254 e. The summed E-state index contributed by atoms with van der Waals surface area (Å²) in [6, 6.07) is 17.2. The summed E-state index contributed by atoms with van der Waals surface area (Å²) >= 11 is 0. The number of aryl methyl sites for hydroxylation is 1. The van der Waals surface area contributed by atoms with Gasteiger partial charge < -0.3 is 4.90 Å². The molecule has 0 spiro atoms. The maximum absolute atomic E-state index is 12.9. The van der Waals surface area contributed by atoms with Gasteiger partial charge in [0.05, 0.1) is 0 Å². The van der Waals surface area contributed by atoms with E-state index < -0.39 is 0 Å². The van der Waals surface area contributed by atoms with E-state index in [9.17, 15) is 4.79 Å². The maximum atomic E-state index is 12.9. The Bertz CT molecular complexity index is 771. The van der Waals surface area contributed by atoms with Crippen LogP contribution < -0.4 is 0 Å². The van der Waals surface area contributed by atoms with Crippen LogP contribution in [0, 0.1) is 6.92 Å². The molecule has 0 aromatic heterocycles. The predicted octanol–water partition coefficient (Wildman–Crippen LogP) is 4.86. The van der Waals surface area contributed by atoms with E-state index in [1.807, 2.05) is 11.9 Å². The lowest BCUT2D eigenvalue weighted by Gasteiger charge is -2.41. The van der Waals surface area contributed by atoms with E-state index in [-0.39, 0.29) is 11.9 Å². The smallest absolute Gasteiger partial charge is 0.254 e. The minimum Gasteiger partial charge on any atom is -0.338 e. The van der Waals surface area contributed by atoms with Gasteiger partial charge in [-0.1, -0.05) is 61.9 Å². The number of benzene rings is 2. The zero-order chi connectivity index (χ0) is 19.4. The summed E-state index contributed by atoms with van der Waals surface area (Å²) in [6.07, 6.45) is 2.39. The molecule has 0 bridgehead atoms. The van der Waals surface area contributed by atoms with Crippen LogP contribution in [0.5, 0.6) is 0 Å². The minimum atomic E-state index is 0.162. The first-order valence-electron chi connectivity index (χ1n) is 10.2. The molecule has 2 unspecified atom stereocenters. The Hall–Kier alpha value is -2.13. The average molecular weight is 365 g/mol. The largest absolute Gasteiger partial charge is 0.338 e. The van der Waals surface area contributed by atoms with Crippen molar-refractivity contribution in [2.24, 2.45) is 0 Å². The van der Waals surface area contributed by atoms with Gasteiger partial charge in [0.15, 0.2) is 0 Å². The fourth-order valence-corrected chi connectivity index (χ4v) is 4.17. The summed E-state index contributed by atoms with van der Waals surface area (Å²) in [5.41, 5.74) is 4.58. The number of carbonyl (C=O) groups excluding carboxylic acids is 1. The highest BCUT2D eigenvalue weighted by Gasteiger charge is 2.36. The van der Waals surface area contributed by atoms with Crippen molar-refractivity contribution in [1.29, 1.82) is 0 Å². The van der Waals surface area contributed by atoms with Gasteiger partial charge in [0.2, 0.25) is 0 Å². The van der Waals surface area contributed by atoms with Crippen LogP contribution in [0.4, 0.5) is 0 Å². The number of nitrogens with zero attached hydrogens (tertiary/aromatic N) is 2. The summed E-state index contributed by atoms with van der Waals surface area (Å²) in [4.78, 5) is 17.4. The van der Waals surface area contributed by atoms with Gasteiger partial charge in [0.1, 0.15) is 0 Å². The molecule has 0 saturated heterocycles. The van der Waals surface area contributed by atoms with Crippen molar-refractivity contribution < 1.29 is 4.79 Å². The molecule has 3 nitrogen and oxygen atoms in total. The van der Waals surface area contributed by atoms with Crippen LogP contribution >= 0.6 is 0 Å². The van der Waals surface area contributed by atoms with Gasteiger partial charge in [-0.15, -0.1) is 0 Å². The van der Waals surface area contributed by atoms with Gasteiger partial charge in [-0.3, -0.25) is 9.69 Å². The van der Waals surface area contributed by atoms with E-state index in [0.717, 1.165) is 30.8 Å². The molecule has 0 N–H and O–H groups in total. The summed E-state index contributed by atoms with van der Waals surface area (Å²) < 4.78 is 0. The van der Waals surface area contributed by atoms with Gasteiger partial charge in [0, 0.05) is 37.7 Å². The van der Waals surface area contributed by atoms with Crippen molar-refractivity contribution in [3.05, 3.63) is 70.8 Å². The molecule has 3 rings (SSSR count). The Kier molecular flexibility index (Phi) is 6.33. The number of fused-ring (bicyclic) bond motifs is 1. The molecule has 2 aromatic rings. The molecule has 27 heavy (non-hydrogen) atoms. The molecule has 2 aromatic carbocycles. The van der Waals surface area contributed by atoms with Crippen LogP contribution in [-0.4, -0.2) is 41.9 Å². The Morgan fingerprint density at radius 3 is 2.52 bits per heavy atom. The standard InChI is InChI=1S/C24H32N2O/c1-5-6-15-26(16-20-12-8-7-9-13-20)17-22-19(3)25(4)24(27)23-18(2)11-10-14-21(22)23/h7-14,19,22H,5-6,15-17H2,1-4H3. The molecule has 0 fully saturated rings. The lowest BCUT2D eigenvalue weighted by Crippen LogP contribution is -2.47. The van der Waals surface area contributed by atoms with Crippen molar-refractivity contribution >= 4 is 5.91 Å². The number of carbonyl (C=O) groups is 1. The molecule has 144 valence electrons. The molecule has 3 heteroatoms. The van der Waals surface area contributed by atoms with Crippen molar-refractivity contribution in [1.82, 2.24) is 9.80 Å². The Balaban J connectivity index is 1.89. The molecule has 1 aliphatic heterocycles. The van der Waals surface area contributed by atoms with Crippen LogP contribution in [0.2, 0.25) is 0 Å². The first kappa shape index (κ1) is 19.6. The highest BCUT2D eigenvalue weighted by atomic mass is 16.2. The SMILES string of the molecule is CCCCN(Cc1ccccc1)CC1c2cccc(C)c2C(=O)N(C)C1C. The third-order valence-electron chi connectivity index (χ3n) is 5.96. The van der Waals surface area contributed by atoms with Gasteiger partial charge in [-0.2, -0.15) is 0 Å². The quantitative estimate of drug-likeness (QED) is 0.701. The van der Waals surface area contributed by atoms with Gasteiger partial charge >= 0.3 is 0 Å². The number of hydrogen-bond acceptors (Lipinski definition) is 2. The number of rotatable bonds is 7. The summed E-state index contributed by atoms with van der Waals surface area (Å²) in [5, 5.41) is 0. The topological polar surface area (TPSA) is 23.6 Å². The van der Waals surface area contributed by atoms with Crippen molar-refractivity contribution in [3.8, 4) is 0 Å². The highest BCUT2D eigenvalue weighted by Crippen LogP contribution is 2.35. The third-order valence-corrected chi connectivity index (χ3v) is 5.96. The summed E-state index contributed by atoms with van der Waals surface area (Å²) in [7, 11) is 1.95. The Morgan fingerprint density at radius 1 is 1.07 bits per heavy atom. The third kappa shape index (κ3) is 4.24. The first-order valence-corrected chi connectivity index (χ1v) is 10.2. The second-order valence-electron chi connectivity index (χ2n) is 7.88. The molecular formula is C24H32N2O. The Morgan fingerprint density at radius 2 is 1.81 bits per heavy atom. The summed E-state index contributed by atoms with van der Waals surface area (Å²) in [5.74, 6) is 0.498. The van der Waals surface area contributed by atoms with E-state index in [4.69, 9.17) is 0 Å². The number of unbranched alkanes of at least 4 members (excludes halogenated alkanes) is 1. The van der Waals surface area contributed by atoms with E-state index >= 15 is 0 Å². The van der Waals surface area contributed by atoms with E-state index in [1.165, 1.54) is 24.0 Å². The van der Waals surface area contributed by atoms with E-state index in [0.29, 0.717) is 5.92 Å². The van der Waals surface area contributed by atoms with Crippen LogP contribution in [-0.2, 0) is 6.54 Å². The second-order valence-corrected chi connectivity index (χ2v) is 7.88. The molecule has 1 amide bonds. The predicted molar refractivity (Wildman–Crippen MR) is 112 cm³/mol. The van der Waals surface area contributed by atoms with Gasteiger partial charge in [-0.25, -0.2) is 0 Å². The minimum absolute atomic E-state index is 0.162. The molecule has 1 heterocycles. The number of amides is 1. The van der Waals surface area contributed by atoms with Crippen molar-refractivity contribution in [2.75, 3.05) is 20.1 Å². The zero-order valence-corrected chi connectivity index (χ0v) is 17.1. The van der Waals surface area contributed by atoms with Crippen LogP contribution in [0.25, 0.3) is 0 Å². The van der Waals surface area contributed by atoms with Crippen molar-refractivity contribution in [2.45, 2.75) is 52.1 Å². The molecule has 0 aliphatic carbocycles. The van der Waals surface area contributed by atoms with Gasteiger partial charge in [0.25, 0.3) is 5.91 Å². The number of likely N-dealkylation sites (N-methyl/N-ethyl adjacent to an activating group) is 1. The van der Waals surface area contributed by atoms with Crippen LogP contribution in [0.15, 0.2) is 48.5 Å². The number of hydrogen-bond donors (Lipinski definition) is 0. The molecule has 0 radical (unpaired) electrons. The Labute approximate surface area is 164 Å². The first-order chi connectivity index (χ1) is 13.0. The monoisotopic (exact) mass is 364 g/mol. The fraction of sp³-hybridized carbons (Fsp3) is 0.458. The average Bonchev–Trinajstić information content (AvgIpc) is 2.68. The van der Waals surface area contributed by atoms with E-state index in [1.54, 1.807) is 0 Å². The molecule has 2 atom stereocenters. The highest BCUT2D eigenvalue weighted by molar-refractivity contribution is 5.98.